The van der Waals surface area contributed by atoms with E-state index in [-0.39, 0.29) is 30.2 Å². The van der Waals surface area contributed by atoms with E-state index in [1.54, 1.807) is 0 Å². The van der Waals surface area contributed by atoms with Crippen LogP contribution >= 0.6 is 0 Å². The van der Waals surface area contributed by atoms with Gasteiger partial charge in [-0.05, 0) is 71.9 Å². The molecule has 34 heavy (non-hydrogen) atoms. The zero-order valence-corrected chi connectivity index (χ0v) is 20.7. The Balaban J connectivity index is 1.48. The van der Waals surface area contributed by atoms with Crippen LogP contribution in [0.15, 0.2) is 36.4 Å². The summed E-state index contributed by atoms with van der Waals surface area (Å²) in [6.45, 7) is 9.23. The monoisotopic (exact) mass is 464 g/mol. The lowest BCUT2D eigenvalue weighted by Crippen LogP contribution is -2.46. The molecule has 0 N–H and O–H groups in total. The number of ether oxygens (including phenoxy) is 4. The Morgan fingerprint density at radius 3 is 2.47 bits per heavy atom. The van der Waals surface area contributed by atoms with Gasteiger partial charge in [-0.25, -0.2) is 0 Å². The summed E-state index contributed by atoms with van der Waals surface area (Å²) in [4.78, 5) is 12.0. The van der Waals surface area contributed by atoms with Gasteiger partial charge in [0.05, 0.1) is 6.10 Å². The highest BCUT2D eigenvalue weighted by Gasteiger charge is 2.43. The first-order chi connectivity index (χ1) is 16.4. The van der Waals surface area contributed by atoms with Crippen molar-refractivity contribution >= 4 is 5.97 Å². The zero-order valence-electron chi connectivity index (χ0n) is 20.7. The molecule has 3 aliphatic rings. The molecule has 0 bridgehead atoms. The van der Waals surface area contributed by atoms with Crippen LogP contribution in [-0.4, -0.2) is 31.4 Å². The van der Waals surface area contributed by atoms with E-state index in [4.69, 9.17) is 18.9 Å². The van der Waals surface area contributed by atoms with Crippen LogP contribution in [0.1, 0.15) is 81.2 Å². The zero-order chi connectivity index (χ0) is 23.8. The van der Waals surface area contributed by atoms with Gasteiger partial charge >= 0.3 is 5.97 Å². The van der Waals surface area contributed by atoms with Crippen LogP contribution in [0.3, 0.4) is 0 Å². The molecule has 5 atom stereocenters. The van der Waals surface area contributed by atoms with Gasteiger partial charge in [0, 0.05) is 12.8 Å². The van der Waals surface area contributed by atoms with E-state index >= 15 is 0 Å². The lowest BCUT2D eigenvalue weighted by atomic mass is 9.78. The Morgan fingerprint density at radius 1 is 1.00 bits per heavy atom. The minimum atomic E-state index is -0.288. The summed E-state index contributed by atoms with van der Waals surface area (Å²) in [5, 5.41) is 0. The molecule has 1 aliphatic carbocycles. The summed E-state index contributed by atoms with van der Waals surface area (Å²) < 4.78 is 24.0. The van der Waals surface area contributed by atoms with E-state index < -0.39 is 0 Å². The molecule has 5 heteroatoms. The molecule has 0 amide bonds. The van der Waals surface area contributed by atoms with E-state index in [1.807, 2.05) is 6.07 Å². The summed E-state index contributed by atoms with van der Waals surface area (Å²) in [7, 11) is 0. The van der Waals surface area contributed by atoms with Crippen molar-refractivity contribution in [2.45, 2.75) is 77.6 Å². The van der Waals surface area contributed by atoms with Crippen molar-refractivity contribution in [2.75, 3.05) is 13.2 Å². The molecule has 1 saturated heterocycles. The minimum absolute atomic E-state index is 0.149. The molecule has 2 heterocycles. The molecule has 5 rings (SSSR count). The molecule has 0 radical (unpaired) electrons. The van der Waals surface area contributed by atoms with Crippen LogP contribution in [0.5, 0.6) is 11.5 Å². The molecular weight excluding hydrogens is 428 g/mol. The second-order valence-corrected chi connectivity index (χ2v) is 10.2. The second-order valence-electron chi connectivity index (χ2n) is 10.2. The van der Waals surface area contributed by atoms with E-state index in [1.165, 1.54) is 36.5 Å². The van der Waals surface area contributed by atoms with E-state index in [0.717, 1.165) is 29.9 Å². The number of benzene rings is 2. The van der Waals surface area contributed by atoms with Crippen molar-refractivity contribution in [3.63, 3.8) is 0 Å². The molecule has 1 saturated carbocycles. The van der Waals surface area contributed by atoms with Crippen LogP contribution in [0, 0.1) is 11.8 Å². The van der Waals surface area contributed by atoms with Gasteiger partial charge in [0.15, 0.2) is 11.5 Å². The third-order valence-corrected chi connectivity index (χ3v) is 7.77. The van der Waals surface area contributed by atoms with Crippen LogP contribution in [0.25, 0.3) is 0 Å². The highest BCUT2D eigenvalue weighted by Crippen LogP contribution is 2.45. The minimum Gasteiger partial charge on any atom is -0.486 e. The fourth-order valence-electron chi connectivity index (χ4n) is 5.57. The van der Waals surface area contributed by atoms with Crippen molar-refractivity contribution in [1.29, 1.82) is 0 Å². The molecule has 0 aromatic heterocycles. The van der Waals surface area contributed by atoms with Gasteiger partial charge in [-0.2, -0.15) is 0 Å². The van der Waals surface area contributed by atoms with Gasteiger partial charge in [-0.3, -0.25) is 4.79 Å². The van der Waals surface area contributed by atoms with Crippen molar-refractivity contribution in [1.82, 2.24) is 0 Å². The Kier molecular flexibility index (Phi) is 6.57. The molecule has 2 aromatic carbocycles. The van der Waals surface area contributed by atoms with E-state index in [2.05, 4.69) is 51.1 Å². The average molecular weight is 465 g/mol. The Labute approximate surface area is 202 Å². The van der Waals surface area contributed by atoms with Crippen LogP contribution in [0.4, 0.5) is 0 Å². The number of hydrogen-bond donors (Lipinski definition) is 0. The molecule has 2 fully saturated rings. The van der Waals surface area contributed by atoms with Crippen LogP contribution < -0.4 is 9.47 Å². The second kappa shape index (κ2) is 9.61. The third kappa shape index (κ3) is 4.68. The van der Waals surface area contributed by atoms with Crippen LogP contribution in [-0.2, 0) is 20.7 Å². The molecular formula is C29H36O5. The van der Waals surface area contributed by atoms with Gasteiger partial charge in [0.1, 0.15) is 25.4 Å². The smallest absolute Gasteiger partial charge is 0.303 e. The summed E-state index contributed by atoms with van der Waals surface area (Å²) in [6, 6.07) is 13.0. The molecule has 0 spiro atoms. The van der Waals surface area contributed by atoms with Crippen molar-refractivity contribution in [2.24, 2.45) is 11.8 Å². The Morgan fingerprint density at radius 2 is 1.76 bits per heavy atom. The number of rotatable bonds is 6. The lowest BCUT2D eigenvalue weighted by Gasteiger charge is -2.44. The van der Waals surface area contributed by atoms with Gasteiger partial charge in [-0.15, -0.1) is 0 Å². The fraction of sp³-hybridized carbons (Fsp3) is 0.552. The number of esters is 1. The normalized spacial score (nSPS) is 28.4. The first-order valence-corrected chi connectivity index (χ1v) is 12.8. The lowest BCUT2D eigenvalue weighted by molar-refractivity contribution is -0.196. The van der Waals surface area contributed by atoms with Gasteiger partial charge in [0.2, 0.25) is 0 Å². The largest absolute Gasteiger partial charge is 0.486 e. The van der Waals surface area contributed by atoms with Crippen molar-refractivity contribution < 1.29 is 23.7 Å². The summed E-state index contributed by atoms with van der Waals surface area (Å²) in [6.07, 6.45) is 3.86. The fourth-order valence-corrected chi connectivity index (χ4v) is 5.57. The maximum absolute atomic E-state index is 12.0. The maximum Gasteiger partial charge on any atom is 0.303 e. The third-order valence-electron chi connectivity index (χ3n) is 7.77. The molecule has 5 nitrogen and oxygen atoms in total. The first-order valence-electron chi connectivity index (χ1n) is 12.8. The first kappa shape index (κ1) is 23.2. The highest BCUT2D eigenvalue weighted by molar-refractivity contribution is 5.66. The topological polar surface area (TPSA) is 54.0 Å². The Hall–Kier alpha value is -2.53. The number of fused-ring (bicyclic) bond motifs is 1. The van der Waals surface area contributed by atoms with E-state index in [0.29, 0.717) is 25.0 Å². The van der Waals surface area contributed by atoms with Crippen molar-refractivity contribution in [3.8, 4) is 11.5 Å². The summed E-state index contributed by atoms with van der Waals surface area (Å²) in [5.74, 6) is 2.58. The predicted molar refractivity (Wildman–Crippen MR) is 130 cm³/mol. The molecule has 2 aromatic rings. The number of carbonyl (C=O) groups excluding carboxylic acids is 1. The van der Waals surface area contributed by atoms with E-state index in [9.17, 15) is 4.79 Å². The number of carbonyl (C=O) groups is 1. The molecule has 2 aliphatic heterocycles. The Bertz CT molecular complexity index is 1040. The quantitative estimate of drug-likeness (QED) is 0.492. The van der Waals surface area contributed by atoms with Gasteiger partial charge < -0.3 is 18.9 Å². The van der Waals surface area contributed by atoms with Gasteiger partial charge in [0.25, 0.3) is 0 Å². The molecule has 0 unspecified atom stereocenters. The standard InChI is InChI=1S/C29H36O5/c1-5-25-17(2)18(3)28(33-19(4)30)29(34-25)22-9-10-24(21-7-8-21)23(16-22)14-20-6-11-26-27(15-20)32-13-12-31-26/h6,9-11,15-18,21,25,28-29H,5,7-8,12-14H2,1-4H3/t17-,18-,25+,28+,29-/m0/s1. The number of hydrogen-bond acceptors (Lipinski definition) is 5. The average Bonchev–Trinajstić information content (AvgIpc) is 3.67. The van der Waals surface area contributed by atoms with Gasteiger partial charge in [-0.1, -0.05) is 45.0 Å². The van der Waals surface area contributed by atoms with Crippen LogP contribution in [0.2, 0.25) is 0 Å². The summed E-state index contributed by atoms with van der Waals surface area (Å²) >= 11 is 0. The predicted octanol–water partition coefficient (Wildman–Crippen LogP) is 5.98. The SMILES string of the molecule is CC[C@H]1O[C@@H](c2ccc(C3CC3)c(Cc3ccc4c(c3)OCCO4)c2)[C@H](OC(C)=O)[C@@H](C)[C@@H]1C. The highest BCUT2D eigenvalue weighted by atomic mass is 16.6. The molecule has 182 valence electrons. The van der Waals surface area contributed by atoms with Crippen molar-refractivity contribution in [3.05, 3.63) is 58.7 Å². The summed E-state index contributed by atoms with van der Waals surface area (Å²) in [5.41, 5.74) is 5.05. The maximum atomic E-state index is 12.0.